The predicted molar refractivity (Wildman–Crippen MR) is 181 cm³/mol. The molecule has 0 amide bonds. The van der Waals surface area contributed by atoms with E-state index in [1.54, 1.807) is 0 Å². The van der Waals surface area contributed by atoms with E-state index in [9.17, 15) is 19.0 Å². The monoisotopic (exact) mass is 661 g/mol. The van der Waals surface area contributed by atoms with Gasteiger partial charge in [0, 0.05) is 19.4 Å². The third-order valence-corrected chi connectivity index (χ3v) is 9.71. The number of hydrogen-bond donors (Lipinski definition) is 2. The fraction of sp³-hybridized carbons (Fsp3) is 0.943. The standard InChI is InChI=1S/C35H68NO8P/c1-2-3-4-5-6-7-8-9-10-15-18-21-27-35(38)44-33(31-43-45(39,40)42-29-28-36)30-41-34(37)26-20-17-14-12-11-13-16-19-23-32-24-22-25-32/h32-33H,2-31,36H2,1H3,(H,39,40)/t33-/m0/s1. The molecular weight excluding hydrogens is 593 g/mol. The van der Waals surface area contributed by atoms with Crippen LogP contribution >= 0.6 is 7.82 Å². The van der Waals surface area contributed by atoms with Gasteiger partial charge in [0.2, 0.25) is 0 Å². The van der Waals surface area contributed by atoms with Gasteiger partial charge in [-0.05, 0) is 18.8 Å². The van der Waals surface area contributed by atoms with Crippen molar-refractivity contribution in [3.8, 4) is 0 Å². The SMILES string of the molecule is CCCCCCCCCCCCCCC(=O)O[C@@H](COC(=O)CCCCCCCCCCC1CCC1)COP(=O)(O)OCCN. The maximum Gasteiger partial charge on any atom is 0.472 e. The first-order valence-corrected chi connectivity index (χ1v) is 20.0. The highest BCUT2D eigenvalue weighted by molar-refractivity contribution is 7.47. The van der Waals surface area contributed by atoms with Crippen molar-refractivity contribution >= 4 is 19.8 Å². The van der Waals surface area contributed by atoms with Gasteiger partial charge >= 0.3 is 19.8 Å². The van der Waals surface area contributed by atoms with E-state index in [4.69, 9.17) is 24.3 Å². The van der Waals surface area contributed by atoms with E-state index in [0.29, 0.717) is 12.8 Å². The van der Waals surface area contributed by atoms with Crippen LogP contribution in [0, 0.1) is 5.92 Å². The Hall–Kier alpha value is -0.990. The van der Waals surface area contributed by atoms with Crippen molar-refractivity contribution in [1.82, 2.24) is 0 Å². The second-order valence-corrected chi connectivity index (χ2v) is 14.4. The minimum Gasteiger partial charge on any atom is -0.462 e. The van der Waals surface area contributed by atoms with Crippen LogP contribution < -0.4 is 5.73 Å². The van der Waals surface area contributed by atoms with Crippen molar-refractivity contribution in [2.45, 2.75) is 180 Å². The van der Waals surface area contributed by atoms with Gasteiger partial charge < -0.3 is 20.1 Å². The molecule has 1 unspecified atom stereocenters. The first kappa shape index (κ1) is 42.0. The second kappa shape index (κ2) is 29.2. The molecule has 45 heavy (non-hydrogen) atoms. The van der Waals surface area contributed by atoms with Gasteiger partial charge in [0.05, 0.1) is 13.2 Å². The number of carbonyl (C=O) groups is 2. The molecule has 1 aliphatic rings. The lowest BCUT2D eigenvalue weighted by molar-refractivity contribution is -0.161. The molecular formula is C35H68NO8P. The zero-order chi connectivity index (χ0) is 32.9. The fourth-order valence-electron chi connectivity index (χ4n) is 5.66. The van der Waals surface area contributed by atoms with Crippen LogP contribution in [0.5, 0.6) is 0 Å². The lowest BCUT2D eigenvalue weighted by atomic mass is 9.81. The third kappa shape index (κ3) is 26.7. The van der Waals surface area contributed by atoms with Gasteiger partial charge in [-0.2, -0.15) is 0 Å². The zero-order valence-electron chi connectivity index (χ0n) is 28.7. The molecule has 0 aromatic heterocycles. The number of carbonyl (C=O) groups excluding carboxylic acids is 2. The Labute approximate surface area is 275 Å². The predicted octanol–water partition coefficient (Wildman–Crippen LogP) is 9.33. The Kier molecular flexibility index (Phi) is 27.2. The zero-order valence-corrected chi connectivity index (χ0v) is 29.6. The summed E-state index contributed by atoms with van der Waals surface area (Å²) in [5, 5.41) is 0. The smallest absolute Gasteiger partial charge is 0.462 e. The maximum absolute atomic E-state index is 12.5. The number of rotatable bonds is 33. The summed E-state index contributed by atoms with van der Waals surface area (Å²) in [6, 6.07) is 0. The normalized spacial score (nSPS) is 15.4. The molecule has 0 aromatic rings. The van der Waals surface area contributed by atoms with Crippen molar-refractivity contribution < 1.29 is 37.6 Å². The van der Waals surface area contributed by atoms with E-state index < -0.39 is 26.5 Å². The lowest BCUT2D eigenvalue weighted by Crippen LogP contribution is -2.29. The highest BCUT2D eigenvalue weighted by Gasteiger charge is 2.26. The van der Waals surface area contributed by atoms with E-state index in [2.05, 4.69) is 6.92 Å². The van der Waals surface area contributed by atoms with Gasteiger partial charge in [0.1, 0.15) is 6.61 Å². The van der Waals surface area contributed by atoms with E-state index >= 15 is 0 Å². The Bertz CT molecular complexity index is 764. The summed E-state index contributed by atoms with van der Waals surface area (Å²) >= 11 is 0. The topological polar surface area (TPSA) is 134 Å². The molecule has 10 heteroatoms. The molecule has 9 nitrogen and oxygen atoms in total. The highest BCUT2D eigenvalue weighted by Crippen LogP contribution is 2.43. The minimum absolute atomic E-state index is 0.0589. The van der Waals surface area contributed by atoms with Gasteiger partial charge in [-0.15, -0.1) is 0 Å². The summed E-state index contributed by atoms with van der Waals surface area (Å²) in [6.45, 7) is 1.50. The summed E-state index contributed by atoms with van der Waals surface area (Å²) in [5.41, 5.74) is 5.32. The van der Waals surface area contributed by atoms with Crippen LogP contribution in [0.1, 0.15) is 174 Å². The Morgan fingerprint density at radius 2 is 1.20 bits per heavy atom. The number of hydrogen-bond acceptors (Lipinski definition) is 8. The number of esters is 2. The van der Waals surface area contributed by atoms with Gasteiger partial charge in [0.25, 0.3) is 0 Å². The van der Waals surface area contributed by atoms with E-state index in [1.165, 1.54) is 116 Å². The van der Waals surface area contributed by atoms with Crippen LogP contribution in [-0.2, 0) is 32.7 Å². The Balaban J connectivity index is 2.20. The molecule has 0 saturated heterocycles. The van der Waals surface area contributed by atoms with Crippen molar-refractivity contribution in [3.05, 3.63) is 0 Å². The molecule has 0 bridgehead atoms. The number of phosphoric acid groups is 1. The number of unbranched alkanes of at least 4 members (excludes halogenated alkanes) is 18. The van der Waals surface area contributed by atoms with E-state index in [1.807, 2.05) is 0 Å². The van der Waals surface area contributed by atoms with Gasteiger partial charge in [-0.25, -0.2) is 4.57 Å². The molecule has 1 saturated carbocycles. The molecule has 0 heterocycles. The number of phosphoric ester groups is 1. The summed E-state index contributed by atoms with van der Waals surface area (Å²) in [4.78, 5) is 34.6. The Morgan fingerprint density at radius 3 is 1.69 bits per heavy atom. The molecule has 1 rings (SSSR count). The van der Waals surface area contributed by atoms with Crippen molar-refractivity contribution in [3.63, 3.8) is 0 Å². The largest absolute Gasteiger partial charge is 0.472 e. The molecule has 1 aliphatic carbocycles. The second-order valence-electron chi connectivity index (χ2n) is 13.0. The van der Waals surface area contributed by atoms with Crippen molar-refractivity contribution in [2.75, 3.05) is 26.4 Å². The molecule has 1 fully saturated rings. The average molecular weight is 662 g/mol. The summed E-state index contributed by atoms with van der Waals surface area (Å²) in [7, 11) is -4.36. The summed E-state index contributed by atoms with van der Waals surface area (Å²) < 4.78 is 32.6. The van der Waals surface area contributed by atoms with Crippen LogP contribution in [0.3, 0.4) is 0 Å². The fourth-order valence-corrected chi connectivity index (χ4v) is 6.42. The van der Waals surface area contributed by atoms with E-state index in [-0.39, 0.29) is 32.1 Å². The Morgan fingerprint density at radius 1 is 0.711 bits per heavy atom. The summed E-state index contributed by atoms with van der Waals surface area (Å²) in [6.07, 6.45) is 28.9. The highest BCUT2D eigenvalue weighted by atomic mass is 31.2. The first-order valence-electron chi connectivity index (χ1n) is 18.5. The van der Waals surface area contributed by atoms with Gasteiger partial charge in [0.15, 0.2) is 6.10 Å². The first-order chi connectivity index (χ1) is 21.9. The third-order valence-electron chi connectivity index (χ3n) is 8.73. The van der Waals surface area contributed by atoms with Crippen LogP contribution in [0.4, 0.5) is 0 Å². The quantitative estimate of drug-likeness (QED) is 0.0401. The van der Waals surface area contributed by atoms with Crippen molar-refractivity contribution in [1.29, 1.82) is 0 Å². The molecule has 0 aliphatic heterocycles. The molecule has 2 atom stereocenters. The van der Waals surface area contributed by atoms with E-state index in [0.717, 1.165) is 38.0 Å². The lowest BCUT2D eigenvalue weighted by Gasteiger charge is -2.24. The van der Waals surface area contributed by atoms with Crippen LogP contribution in [0.2, 0.25) is 0 Å². The van der Waals surface area contributed by atoms with Crippen LogP contribution in [0.25, 0.3) is 0 Å². The molecule has 3 N–H and O–H groups in total. The minimum atomic E-state index is -4.36. The average Bonchev–Trinajstić information content (AvgIpc) is 2.99. The maximum atomic E-state index is 12.5. The van der Waals surface area contributed by atoms with Crippen LogP contribution in [0.15, 0.2) is 0 Å². The van der Waals surface area contributed by atoms with Gasteiger partial charge in [-0.3, -0.25) is 18.6 Å². The van der Waals surface area contributed by atoms with Crippen LogP contribution in [-0.4, -0.2) is 49.3 Å². The molecule has 0 spiro atoms. The molecule has 0 radical (unpaired) electrons. The number of nitrogens with two attached hydrogens (primary N) is 1. The summed E-state index contributed by atoms with van der Waals surface area (Å²) in [5.74, 6) is 0.195. The van der Waals surface area contributed by atoms with Gasteiger partial charge in [-0.1, -0.05) is 148 Å². The molecule has 0 aromatic carbocycles. The molecule has 266 valence electrons. The van der Waals surface area contributed by atoms with Crippen molar-refractivity contribution in [2.24, 2.45) is 11.7 Å². The number of ether oxygens (including phenoxy) is 2.